The first-order valence-electron chi connectivity index (χ1n) is 7.98. The lowest BCUT2D eigenvalue weighted by molar-refractivity contribution is -0.186. The van der Waals surface area contributed by atoms with E-state index in [1.54, 1.807) is 12.3 Å². The summed E-state index contributed by atoms with van der Waals surface area (Å²) >= 11 is 1.30. The van der Waals surface area contributed by atoms with Crippen molar-refractivity contribution < 1.29 is 33.3 Å². The molecule has 26 heavy (non-hydrogen) atoms. The lowest BCUT2D eigenvalue weighted by atomic mass is 10.1. The summed E-state index contributed by atoms with van der Waals surface area (Å²) in [5.41, 5.74) is 0.250. The fourth-order valence-electron chi connectivity index (χ4n) is 2.54. The van der Waals surface area contributed by atoms with Crippen LogP contribution in [0.25, 0.3) is 0 Å². The van der Waals surface area contributed by atoms with E-state index in [0.29, 0.717) is 11.5 Å². The van der Waals surface area contributed by atoms with Gasteiger partial charge in [-0.05, 0) is 18.6 Å². The maximum Gasteiger partial charge on any atom is 0.303 e. The first-order valence-corrected chi connectivity index (χ1v) is 9.02. The number of aromatic nitrogens is 1. The molecule has 0 amide bonds. The topological polar surface area (TPSA) is 101 Å². The largest absolute Gasteiger partial charge is 0.474 e. The number of thioether (sulfide) groups is 1. The number of carbonyl (C=O) groups excluding carboxylic acids is 3. The summed E-state index contributed by atoms with van der Waals surface area (Å²) in [6, 6.07) is 1.79. The Bertz CT molecular complexity index is 681. The Balaban J connectivity index is 2.27. The summed E-state index contributed by atoms with van der Waals surface area (Å²) in [6.45, 7) is 5.61. The van der Waals surface area contributed by atoms with Crippen molar-refractivity contribution in [2.24, 2.45) is 0 Å². The van der Waals surface area contributed by atoms with Gasteiger partial charge in [-0.1, -0.05) is 0 Å². The van der Waals surface area contributed by atoms with Gasteiger partial charge in [0.15, 0.2) is 23.7 Å². The van der Waals surface area contributed by atoms with Crippen LogP contribution >= 0.6 is 11.8 Å². The summed E-state index contributed by atoms with van der Waals surface area (Å²) in [7, 11) is 0. The van der Waals surface area contributed by atoms with Crippen LogP contribution < -0.4 is 4.74 Å². The number of carbonyl (C=O) groups is 3. The molecule has 1 fully saturated rings. The van der Waals surface area contributed by atoms with Gasteiger partial charge in [0.1, 0.15) is 5.75 Å². The van der Waals surface area contributed by atoms with E-state index in [4.69, 9.17) is 18.9 Å². The lowest BCUT2D eigenvalue weighted by Gasteiger charge is -2.39. The average Bonchev–Trinajstić information content (AvgIpc) is 2.51. The maximum atomic E-state index is 11.6. The highest BCUT2D eigenvalue weighted by Crippen LogP contribution is 2.34. The van der Waals surface area contributed by atoms with Crippen molar-refractivity contribution >= 4 is 29.7 Å². The van der Waals surface area contributed by atoms with Crippen LogP contribution in [-0.2, 0) is 28.6 Å². The first-order chi connectivity index (χ1) is 12.3. The third-order valence-corrected chi connectivity index (χ3v) is 4.62. The van der Waals surface area contributed by atoms with E-state index in [2.05, 4.69) is 4.98 Å². The van der Waals surface area contributed by atoms with Crippen LogP contribution in [0.15, 0.2) is 18.5 Å². The molecule has 142 valence electrons. The molecule has 0 bridgehead atoms. The van der Waals surface area contributed by atoms with Gasteiger partial charge in [0.05, 0.1) is 6.20 Å². The standard InChI is InChI=1S/C17H21NO7S/c1-9-5-13(7-18-6-9)25-17-16(24-12(4)21)15(23-11(3)20)14(8-26-17)22-10(2)19/h5-7,14-17H,8H2,1-4H3/t14-,15+,16-,17+/m1/s1. The van der Waals surface area contributed by atoms with Crippen LogP contribution in [0.4, 0.5) is 0 Å². The smallest absolute Gasteiger partial charge is 0.303 e. The van der Waals surface area contributed by atoms with Gasteiger partial charge >= 0.3 is 17.9 Å². The van der Waals surface area contributed by atoms with Crippen molar-refractivity contribution in [1.29, 1.82) is 0 Å². The summed E-state index contributed by atoms with van der Waals surface area (Å²) < 4.78 is 21.8. The van der Waals surface area contributed by atoms with Crippen LogP contribution in [0.2, 0.25) is 0 Å². The predicted molar refractivity (Wildman–Crippen MR) is 92.5 cm³/mol. The van der Waals surface area contributed by atoms with Crippen molar-refractivity contribution in [2.45, 2.75) is 51.4 Å². The number of aryl methyl sites for hydroxylation is 1. The molecule has 1 aromatic heterocycles. The molecule has 0 radical (unpaired) electrons. The number of hydrogen-bond acceptors (Lipinski definition) is 9. The van der Waals surface area contributed by atoms with Crippen LogP contribution in [0, 0.1) is 6.92 Å². The third kappa shape index (κ3) is 5.62. The van der Waals surface area contributed by atoms with Gasteiger partial charge in [-0.25, -0.2) is 0 Å². The van der Waals surface area contributed by atoms with Crippen molar-refractivity contribution in [3.05, 3.63) is 24.0 Å². The van der Waals surface area contributed by atoms with Crippen molar-refractivity contribution in [3.8, 4) is 5.75 Å². The Hall–Kier alpha value is -2.29. The summed E-state index contributed by atoms with van der Waals surface area (Å²) in [4.78, 5) is 38.5. The Kier molecular flexibility index (Phi) is 6.84. The highest BCUT2D eigenvalue weighted by molar-refractivity contribution is 7.99. The molecular weight excluding hydrogens is 362 g/mol. The van der Waals surface area contributed by atoms with E-state index < -0.39 is 41.7 Å². The number of pyridine rings is 1. The summed E-state index contributed by atoms with van der Waals surface area (Å²) in [5, 5.41) is 0. The molecule has 0 aliphatic carbocycles. The molecular formula is C17H21NO7S. The Morgan fingerprint density at radius 3 is 2.19 bits per heavy atom. The molecule has 2 heterocycles. The zero-order valence-electron chi connectivity index (χ0n) is 15.0. The van der Waals surface area contributed by atoms with E-state index in [1.165, 1.54) is 38.7 Å². The zero-order chi connectivity index (χ0) is 19.3. The van der Waals surface area contributed by atoms with E-state index in [9.17, 15) is 14.4 Å². The highest BCUT2D eigenvalue weighted by Gasteiger charge is 2.47. The molecule has 1 saturated heterocycles. The number of ether oxygens (including phenoxy) is 4. The maximum absolute atomic E-state index is 11.6. The van der Waals surface area contributed by atoms with Gasteiger partial charge in [0.25, 0.3) is 0 Å². The number of esters is 3. The van der Waals surface area contributed by atoms with Gasteiger partial charge in [-0.2, -0.15) is 0 Å². The summed E-state index contributed by atoms with van der Waals surface area (Å²) in [5.74, 6) is -0.845. The van der Waals surface area contributed by atoms with Crippen molar-refractivity contribution in [1.82, 2.24) is 4.98 Å². The number of rotatable bonds is 5. The van der Waals surface area contributed by atoms with Gasteiger partial charge < -0.3 is 18.9 Å². The second kappa shape index (κ2) is 8.88. The Morgan fingerprint density at radius 1 is 1.00 bits per heavy atom. The second-order valence-electron chi connectivity index (χ2n) is 5.81. The molecule has 1 aromatic rings. The van der Waals surface area contributed by atoms with Crippen molar-refractivity contribution in [3.63, 3.8) is 0 Å². The second-order valence-corrected chi connectivity index (χ2v) is 6.94. The molecule has 0 aromatic carbocycles. The Morgan fingerprint density at radius 2 is 1.62 bits per heavy atom. The third-order valence-electron chi connectivity index (χ3n) is 3.41. The van der Waals surface area contributed by atoms with E-state index >= 15 is 0 Å². The van der Waals surface area contributed by atoms with Gasteiger partial charge in [0, 0.05) is 32.7 Å². The molecule has 2 rings (SSSR count). The quantitative estimate of drug-likeness (QED) is 0.554. The fourth-order valence-corrected chi connectivity index (χ4v) is 3.75. The van der Waals surface area contributed by atoms with Crippen LogP contribution in [0.3, 0.4) is 0 Å². The lowest BCUT2D eigenvalue weighted by Crippen LogP contribution is -2.55. The monoisotopic (exact) mass is 383 g/mol. The molecule has 1 aliphatic heterocycles. The molecule has 0 N–H and O–H groups in total. The normalized spacial score (nSPS) is 25.1. The molecule has 8 nitrogen and oxygen atoms in total. The SMILES string of the molecule is CC(=O)O[C@@H]1[C@@H](OC(C)=O)[C@@H](Oc2cncc(C)c2)SC[C@H]1OC(C)=O. The first kappa shape index (κ1) is 20.0. The number of nitrogens with zero attached hydrogens (tertiary/aromatic N) is 1. The van der Waals surface area contributed by atoms with Gasteiger partial charge in [-0.15, -0.1) is 11.8 Å². The van der Waals surface area contributed by atoms with Gasteiger partial charge in [0.2, 0.25) is 0 Å². The molecule has 0 saturated carbocycles. The van der Waals surface area contributed by atoms with E-state index in [0.717, 1.165) is 5.56 Å². The van der Waals surface area contributed by atoms with Gasteiger partial charge in [-0.3, -0.25) is 19.4 Å². The molecule has 1 aliphatic rings. The number of hydrogen-bond donors (Lipinski definition) is 0. The molecule has 4 atom stereocenters. The Labute approximate surface area is 155 Å². The minimum absolute atomic E-state index is 0.319. The van der Waals surface area contributed by atoms with Crippen LogP contribution in [0.5, 0.6) is 5.75 Å². The molecule has 9 heteroatoms. The minimum atomic E-state index is -0.968. The fraction of sp³-hybridized carbons (Fsp3) is 0.529. The average molecular weight is 383 g/mol. The summed E-state index contributed by atoms with van der Waals surface area (Å²) in [6.07, 6.45) is 0.561. The highest BCUT2D eigenvalue weighted by atomic mass is 32.2. The minimum Gasteiger partial charge on any atom is -0.474 e. The van der Waals surface area contributed by atoms with Crippen molar-refractivity contribution in [2.75, 3.05) is 5.75 Å². The van der Waals surface area contributed by atoms with Crippen LogP contribution in [0.1, 0.15) is 26.3 Å². The molecule has 0 unspecified atom stereocenters. The van der Waals surface area contributed by atoms with E-state index in [1.807, 2.05) is 6.92 Å². The molecule has 0 spiro atoms. The predicted octanol–water partition coefficient (Wildman–Crippen LogP) is 1.64. The van der Waals surface area contributed by atoms with E-state index in [-0.39, 0.29) is 0 Å². The zero-order valence-corrected chi connectivity index (χ0v) is 15.8. The van der Waals surface area contributed by atoms with Crippen LogP contribution in [-0.4, -0.2) is 52.4 Å².